The van der Waals surface area contributed by atoms with Crippen LogP contribution >= 0.6 is 11.8 Å². The Morgan fingerprint density at radius 1 is 1.18 bits per heavy atom. The van der Waals surface area contributed by atoms with Crippen molar-refractivity contribution >= 4 is 17.7 Å². The summed E-state index contributed by atoms with van der Waals surface area (Å²) in [6.07, 6.45) is 9.25. The van der Waals surface area contributed by atoms with E-state index in [0.29, 0.717) is 24.8 Å². The zero-order valence-electron chi connectivity index (χ0n) is 16.9. The number of carbonyl (C=O) groups excluding carboxylic acids is 1. The van der Waals surface area contributed by atoms with Crippen molar-refractivity contribution in [3.8, 4) is 0 Å². The second kappa shape index (κ2) is 10.6. The molecular weight excluding hydrogens is 368 g/mol. The molecule has 28 heavy (non-hydrogen) atoms. The molecule has 4 nitrogen and oxygen atoms in total. The molecule has 1 fully saturated rings. The lowest BCUT2D eigenvalue weighted by Gasteiger charge is -2.21. The first-order valence-corrected chi connectivity index (χ1v) is 11.0. The molecule has 1 amide bonds. The lowest BCUT2D eigenvalue weighted by Crippen LogP contribution is -2.26. The number of amides is 1. The molecule has 0 spiro atoms. The molecule has 1 N–H and O–H groups in total. The third-order valence-electron chi connectivity index (χ3n) is 5.22. The van der Waals surface area contributed by atoms with Crippen LogP contribution in [0, 0.1) is 13.8 Å². The summed E-state index contributed by atoms with van der Waals surface area (Å²) in [7, 11) is 0. The van der Waals surface area contributed by atoms with Crippen molar-refractivity contribution in [1.29, 1.82) is 0 Å². The van der Waals surface area contributed by atoms with Crippen molar-refractivity contribution in [1.82, 2.24) is 10.3 Å². The highest BCUT2D eigenvalue weighted by molar-refractivity contribution is 7.99. The molecule has 3 rings (SSSR count). The molecule has 0 saturated heterocycles. The summed E-state index contributed by atoms with van der Waals surface area (Å²) < 4.78 is 5.93. The molecule has 2 aromatic rings. The van der Waals surface area contributed by atoms with Gasteiger partial charge in [-0.25, -0.2) is 4.98 Å². The summed E-state index contributed by atoms with van der Waals surface area (Å²) in [6, 6.07) is 9.97. The molecule has 5 heteroatoms. The Balaban J connectivity index is 1.50. The van der Waals surface area contributed by atoms with Gasteiger partial charge in [0.1, 0.15) is 5.03 Å². The fourth-order valence-corrected chi connectivity index (χ4v) is 4.36. The third kappa shape index (κ3) is 6.08. The highest BCUT2D eigenvalue weighted by atomic mass is 32.2. The first kappa shape index (κ1) is 20.9. The number of nitrogens with zero attached hydrogens (tertiary/aromatic N) is 1. The van der Waals surface area contributed by atoms with E-state index in [4.69, 9.17) is 4.74 Å². The molecular formula is C23H30N2O2S. The van der Waals surface area contributed by atoms with Crippen LogP contribution in [0.15, 0.2) is 46.5 Å². The van der Waals surface area contributed by atoms with E-state index in [0.717, 1.165) is 16.3 Å². The van der Waals surface area contributed by atoms with Gasteiger partial charge in [0.15, 0.2) is 0 Å². The summed E-state index contributed by atoms with van der Waals surface area (Å²) in [4.78, 5) is 18.2. The number of aryl methyl sites for hydroxylation is 2. The molecule has 1 aliphatic rings. The minimum atomic E-state index is -0.0721. The van der Waals surface area contributed by atoms with Crippen molar-refractivity contribution in [2.24, 2.45) is 0 Å². The maximum atomic E-state index is 12.6. The molecule has 1 aromatic heterocycles. The first-order chi connectivity index (χ1) is 13.6. The average molecular weight is 399 g/mol. The van der Waals surface area contributed by atoms with E-state index < -0.39 is 0 Å². The summed E-state index contributed by atoms with van der Waals surface area (Å²) >= 11 is 1.53. The van der Waals surface area contributed by atoms with Gasteiger partial charge in [-0.1, -0.05) is 37.1 Å². The van der Waals surface area contributed by atoms with Gasteiger partial charge >= 0.3 is 0 Å². The quantitative estimate of drug-likeness (QED) is 0.612. The second-order valence-corrected chi connectivity index (χ2v) is 8.51. The standard InChI is InChI=1S/C23H30N2O2S/c1-17-11-12-20(16-18(17)2)28-23-21(10-6-13-25-23)22(26)24-14-7-15-27-19-8-4-3-5-9-19/h6,10-13,16,19H,3-5,7-9,14-15H2,1-2H3,(H,24,26). The van der Waals surface area contributed by atoms with E-state index in [-0.39, 0.29) is 5.91 Å². The summed E-state index contributed by atoms with van der Waals surface area (Å²) in [5, 5.41) is 3.75. The Bertz CT molecular complexity index is 788. The van der Waals surface area contributed by atoms with Crippen LogP contribution in [0.4, 0.5) is 0 Å². The van der Waals surface area contributed by atoms with E-state index >= 15 is 0 Å². The van der Waals surface area contributed by atoms with Crippen LogP contribution in [0.2, 0.25) is 0 Å². The van der Waals surface area contributed by atoms with Gasteiger partial charge in [-0.3, -0.25) is 4.79 Å². The van der Waals surface area contributed by atoms with Crippen LogP contribution in [0.5, 0.6) is 0 Å². The molecule has 1 heterocycles. The second-order valence-electron chi connectivity index (χ2n) is 7.44. The van der Waals surface area contributed by atoms with Gasteiger partial charge in [-0.05, 0) is 68.5 Å². The zero-order valence-corrected chi connectivity index (χ0v) is 17.7. The fraction of sp³-hybridized carbons (Fsp3) is 0.478. The zero-order chi connectivity index (χ0) is 19.8. The van der Waals surface area contributed by atoms with Crippen LogP contribution < -0.4 is 5.32 Å². The van der Waals surface area contributed by atoms with Crippen molar-refractivity contribution in [2.75, 3.05) is 13.2 Å². The normalized spacial score (nSPS) is 14.8. The van der Waals surface area contributed by atoms with Gasteiger partial charge in [0.25, 0.3) is 5.91 Å². The first-order valence-electron chi connectivity index (χ1n) is 10.2. The molecule has 0 radical (unpaired) electrons. The largest absolute Gasteiger partial charge is 0.378 e. The Morgan fingerprint density at radius 2 is 2.00 bits per heavy atom. The number of ether oxygens (including phenoxy) is 1. The molecule has 1 saturated carbocycles. The molecule has 150 valence electrons. The van der Waals surface area contributed by atoms with Crippen LogP contribution in [0.25, 0.3) is 0 Å². The Labute approximate surface area is 172 Å². The van der Waals surface area contributed by atoms with Crippen LogP contribution in [-0.4, -0.2) is 30.1 Å². The van der Waals surface area contributed by atoms with Gasteiger partial charge in [0, 0.05) is 24.2 Å². The molecule has 0 bridgehead atoms. The van der Waals surface area contributed by atoms with Crippen molar-refractivity contribution in [3.05, 3.63) is 53.2 Å². The number of pyridine rings is 1. The predicted molar refractivity (Wildman–Crippen MR) is 114 cm³/mol. The molecule has 1 aromatic carbocycles. The van der Waals surface area contributed by atoms with E-state index in [9.17, 15) is 4.79 Å². The van der Waals surface area contributed by atoms with Crippen LogP contribution in [-0.2, 0) is 4.74 Å². The molecule has 0 aliphatic heterocycles. The number of carbonyl (C=O) groups is 1. The Morgan fingerprint density at radius 3 is 2.79 bits per heavy atom. The van der Waals surface area contributed by atoms with Crippen LogP contribution in [0.3, 0.4) is 0 Å². The SMILES string of the molecule is Cc1ccc(Sc2ncccc2C(=O)NCCCOC2CCCCC2)cc1C. The van der Waals surface area contributed by atoms with Gasteiger partial charge in [0.05, 0.1) is 11.7 Å². The van der Waals surface area contributed by atoms with E-state index in [2.05, 4.69) is 42.3 Å². The highest BCUT2D eigenvalue weighted by Crippen LogP contribution is 2.30. The van der Waals surface area contributed by atoms with Crippen LogP contribution in [0.1, 0.15) is 60.0 Å². The van der Waals surface area contributed by atoms with E-state index in [1.807, 2.05) is 12.1 Å². The summed E-state index contributed by atoms with van der Waals surface area (Å²) in [6.45, 7) is 5.53. The number of hydrogen-bond donors (Lipinski definition) is 1. The van der Waals surface area contributed by atoms with Crippen molar-refractivity contribution < 1.29 is 9.53 Å². The third-order valence-corrected chi connectivity index (χ3v) is 6.23. The predicted octanol–water partition coefficient (Wildman–Crippen LogP) is 5.32. The summed E-state index contributed by atoms with van der Waals surface area (Å²) in [5.74, 6) is -0.0721. The number of rotatable bonds is 8. The minimum absolute atomic E-state index is 0.0721. The highest BCUT2D eigenvalue weighted by Gasteiger charge is 2.15. The monoisotopic (exact) mass is 398 g/mol. The Hall–Kier alpha value is -1.85. The van der Waals surface area contributed by atoms with E-state index in [1.54, 1.807) is 6.20 Å². The topological polar surface area (TPSA) is 51.2 Å². The maximum Gasteiger partial charge on any atom is 0.254 e. The Kier molecular flexibility index (Phi) is 7.92. The number of hydrogen-bond acceptors (Lipinski definition) is 4. The smallest absolute Gasteiger partial charge is 0.254 e. The molecule has 0 atom stereocenters. The fourth-order valence-electron chi connectivity index (χ4n) is 3.39. The van der Waals surface area contributed by atoms with Crippen molar-refractivity contribution in [2.45, 2.75) is 68.4 Å². The average Bonchev–Trinajstić information content (AvgIpc) is 2.71. The number of nitrogens with one attached hydrogen (secondary N) is 1. The van der Waals surface area contributed by atoms with Gasteiger partial charge < -0.3 is 10.1 Å². The number of aromatic nitrogens is 1. The van der Waals surface area contributed by atoms with Gasteiger partial charge in [-0.15, -0.1) is 0 Å². The van der Waals surface area contributed by atoms with Crippen molar-refractivity contribution in [3.63, 3.8) is 0 Å². The van der Waals surface area contributed by atoms with E-state index in [1.165, 1.54) is 55.0 Å². The number of benzene rings is 1. The summed E-state index contributed by atoms with van der Waals surface area (Å²) in [5.41, 5.74) is 3.13. The lowest BCUT2D eigenvalue weighted by atomic mass is 9.98. The minimum Gasteiger partial charge on any atom is -0.378 e. The maximum absolute atomic E-state index is 12.6. The van der Waals surface area contributed by atoms with Gasteiger partial charge in [0.2, 0.25) is 0 Å². The lowest BCUT2D eigenvalue weighted by molar-refractivity contribution is 0.0273. The molecule has 0 unspecified atom stereocenters. The van der Waals surface area contributed by atoms with Gasteiger partial charge in [-0.2, -0.15) is 0 Å². The molecule has 1 aliphatic carbocycles.